The van der Waals surface area contributed by atoms with Crippen LogP contribution in [0.1, 0.15) is 15.9 Å². The minimum Gasteiger partial charge on any atom is -0.461 e. The van der Waals surface area contributed by atoms with E-state index in [9.17, 15) is 22.4 Å². The minimum absolute atomic E-state index is 0.0493. The van der Waals surface area contributed by atoms with Crippen LogP contribution in [-0.2, 0) is 10.9 Å². The van der Waals surface area contributed by atoms with Crippen molar-refractivity contribution in [2.24, 2.45) is 0 Å². The molecule has 11 heteroatoms. The molecule has 40 heavy (non-hydrogen) atoms. The second-order valence-corrected chi connectivity index (χ2v) is 9.78. The van der Waals surface area contributed by atoms with Crippen molar-refractivity contribution in [2.75, 3.05) is 49.5 Å². The van der Waals surface area contributed by atoms with Crippen molar-refractivity contribution >= 4 is 45.5 Å². The number of esters is 1. The Morgan fingerprint density at radius 3 is 2.55 bits per heavy atom. The summed E-state index contributed by atoms with van der Waals surface area (Å²) in [5, 5.41) is 4.50. The highest BCUT2D eigenvalue weighted by molar-refractivity contribution is 6.31. The van der Waals surface area contributed by atoms with Gasteiger partial charge in [0, 0.05) is 60.7 Å². The van der Waals surface area contributed by atoms with Gasteiger partial charge in [0.2, 0.25) is 0 Å². The number of carbonyl (C=O) groups is 1. The van der Waals surface area contributed by atoms with Crippen molar-refractivity contribution in [3.8, 4) is 0 Å². The van der Waals surface area contributed by atoms with E-state index in [4.69, 9.17) is 16.3 Å². The molecule has 6 nitrogen and oxygen atoms in total. The van der Waals surface area contributed by atoms with Crippen molar-refractivity contribution in [3.63, 3.8) is 0 Å². The highest BCUT2D eigenvalue weighted by atomic mass is 35.5. The van der Waals surface area contributed by atoms with Gasteiger partial charge in [-0.2, -0.15) is 13.2 Å². The van der Waals surface area contributed by atoms with Crippen LogP contribution in [0.5, 0.6) is 0 Å². The van der Waals surface area contributed by atoms with Gasteiger partial charge in [-0.1, -0.05) is 17.7 Å². The van der Waals surface area contributed by atoms with Gasteiger partial charge < -0.3 is 15.0 Å². The number of aromatic nitrogens is 1. The zero-order chi connectivity index (χ0) is 28.3. The van der Waals surface area contributed by atoms with Crippen LogP contribution in [-0.4, -0.2) is 55.2 Å². The third kappa shape index (κ3) is 6.46. The predicted octanol–water partition coefficient (Wildman–Crippen LogP) is 6.77. The Morgan fingerprint density at radius 2 is 1.77 bits per heavy atom. The summed E-state index contributed by atoms with van der Waals surface area (Å²) in [7, 11) is 0. The summed E-state index contributed by atoms with van der Waals surface area (Å²) < 4.78 is 58.7. The number of piperazine rings is 1. The molecule has 5 rings (SSSR count). The van der Waals surface area contributed by atoms with Crippen LogP contribution >= 0.6 is 11.6 Å². The Balaban J connectivity index is 1.18. The molecule has 1 saturated heterocycles. The fourth-order valence-electron chi connectivity index (χ4n) is 4.62. The maximum absolute atomic E-state index is 14.1. The van der Waals surface area contributed by atoms with Gasteiger partial charge in [0.1, 0.15) is 12.4 Å². The standard InChI is InChI=1S/C29H25ClF4N4O2/c30-20-4-6-23-26(8-9-35-27(23)17-20)36-25-7-5-21(31)18-24(25)28(39)40-15-14-37-10-12-38(13-11-37)22-3-1-2-19(16-22)29(32,33)34/h1-9,16-18H,10-15H2,(H,35,36). The van der Waals surface area contributed by atoms with Crippen LogP contribution < -0.4 is 10.2 Å². The molecule has 0 saturated carbocycles. The van der Waals surface area contributed by atoms with E-state index in [1.165, 1.54) is 18.2 Å². The molecule has 0 amide bonds. The molecule has 1 N–H and O–H groups in total. The lowest BCUT2D eigenvalue weighted by atomic mass is 10.1. The number of nitrogens with zero attached hydrogens (tertiary/aromatic N) is 3. The number of hydrogen-bond acceptors (Lipinski definition) is 6. The summed E-state index contributed by atoms with van der Waals surface area (Å²) in [5.74, 6) is -1.25. The smallest absolute Gasteiger partial charge is 0.416 e. The molecule has 0 bridgehead atoms. The molecule has 0 unspecified atom stereocenters. The number of fused-ring (bicyclic) bond motifs is 1. The molecule has 0 spiro atoms. The molecule has 1 fully saturated rings. The first-order valence-electron chi connectivity index (χ1n) is 12.6. The zero-order valence-corrected chi connectivity index (χ0v) is 22.0. The average molecular weight is 573 g/mol. The van der Waals surface area contributed by atoms with Crippen LogP contribution in [0.15, 0.2) is 72.9 Å². The number of carbonyl (C=O) groups excluding carboxylic acids is 1. The van der Waals surface area contributed by atoms with E-state index in [-0.39, 0.29) is 12.2 Å². The third-order valence-corrected chi connectivity index (χ3v) is 6.96. The Hall–Kier alpha value is -3.89. The maximum Gasteiger partial charge on any atom is 0.416 e. The predicted molar refractivity (Wildman–Crippen MR) is 147 cm³/mol. The van der Waals surface area contributed by atoms with Crippen molar-refractivity contribution in [2.45, 2.75) is 6.18 Å². The lowest BCUT2D eigenvalue weighted by Crippen LogP contribution is -2.47. The highest BCUT2D eigenvalue weighted by Crippen LogP contribution is 2.32. The second-order valence-electron chi connectivity index (χ2n) is 9.35. The third-order valence-electron chi connectivity index (χ3n) is 6.73. The van der Waals surface area contributed by atoms with Crippen LogP contribution in [0.2, 0.25) is 5.02 Å². The quantitative estimate of drug-likeness (QED) is 0.195. The van der Waals surface area contributed by atoms with Crippen LogP contribution in [0.4, 0.5) is 34.6 Å². The summed E-state index contributed by atoms with van der Waals surface area (Å²) in [4.78, 5) is 21.2. The van der Waals surface area contributed by atoms with E-state index in [0.29, 0.717) is 60.3 Å². The Kier molecular flexibility index (Phi) is 8.09. The number of halogens is 5. The number of hydrogen-bond donors (Lipinski definition) is 1. The fourth-order valence-corrected chi connectivity index (χ4v) is 4.79. The summed E-state index contributed by atoms with van der Waals surface area (Å²) in [6, 6.07) is 16.2. The Labute approximate surface area is 233 Å². The van der Waals surface area contributed by atoms with Crippen molar-refractivity contribution in [1.29, 1.82) is 0 Å². The molecule has 0 atom stereocenters. The fraction of sp³-hybridized carbons (Fsp3) is 0.241. The van der Waals surface area contributed by atoms with Gasteiger partial charge in [0.05, 0.1) is 22.3 Å². The normalized spacial score (nSPS) is 14.4. The van der Waals surface area contributed by atoms with Gasteiger partial charge in [-0.05, 0) is 60.7 Å². The Bertz CT molecular complexity index is 1520. The lowest BCUT2D eigenvalue weighted by molar-refractivity contribution is -0.137. The molecular formula is C29H25ClF4N4O2. The first-order chi connectivity index (χ1) is 19.2. The monoisotopic (exact) mass is 572 g/mol. The zero-order valence-electron chi connectivity index (χ0n) is 21.2. The molecule has 0 radical (unpaired) electrons. The number of ether oxygens (including phenoxy) is 1. The molecule has 208 valence electrons. The van der Waals surface area contributed by atoms with Crippen LogP contribution in [0.25, 0.3) is 10.9 Å². The van der Waals surface area contributed by atoms with Crippen molar-refractivity contribution in [3.05, 3.63) is 94.9 Å². The number of anilines is 3. The highest BCUT2D eigenvalue weighted by Gasteiger charge is 2.31. The van der Waals surface area contributed by atoms with E-state index >= 15 is 0 Å². The van der Waals surface area contributed by atoms with E-state index in [2.05, 4.69) is 15.2 Å². The van der Waals surface area contributed by atoms with Gasteiger partial charge in [-0.3, -0.25) is 9.88 Å². The van der Waals surface area contributed by atoms with Gasteiger partial charge in [-0.15, -0.1) is 0 Å². The second kappa shape index (κ2) is 11.7. The largest absolute Gasteiger partial charge is 0.461 e. The lowest BCUT2D eigenvalue weighted by Gasteiger charge is -2.36. The van der Waals surface area contributed by atoms with Gasteiger partial charge in [-0.25, -0.2) is 9.18 Å². The van der Waals surface area contributed by atoms with Crippen molar-refractivity contribution < 1.29 is 27.1 Å². The van der Waals surface area contributed by atoms with E-state index in [0.717, 1.165) is 23.6 Å². The maximum atomic E-state index is 14.1. The molecular weight excluding hydrogens is 548 g/mol. The number of nitrogens with one attached hydrogen (secondary N) is 1. The molecule has 3 aromatic carbocycles. The van der Waals surface area contributed by atoms with Crippen LogP contribution in [0.3, 0.4) is 0 Å². The van der Waals surface area contributed by atoms with E-state index in [1.807, 2.05) is 4.90 Å². The van der Waals surface area contributed by atoms with Crippen molar-refractivity contribution in [1.82, 2.24) is 9.88 Å². The minimum atomic E-state index is -4.39. The number of pyridine rings is 1. The summed E-state index contributed by atoms with van der Waals surface area (Å²) >= 11 is 6.07. The van der Waals surface area contributed by atoms with E-state index in [1.54, 1.807) is 36.5 Å². The molecule has 1 aliphatic rings. The molecule has 4 aromatic rings. The van der Waals surface area contributed by atoms with Gasteiger partial charge in [0.25, 0.3) is 0 Å². The summed E-state index contributed by atoms with van der Waals surface area (Å²) in [6.45, 7) is 2.79. The number of alkyl halides is 3. The molecule has 1 aromatic heterocycles. The number of benzene rings is 3. The van der Waals surface area contributed by atoms with Gasteiger partial charge >= 0.3 is 12.1 Å². The molecule has 0 aliphatic carbocycles. The average Bonchev–Trinajstić information content (AvgIpc) is 2.94. The first kappa shape index (κ1) is 27.7. The molecule has 1 aliphatic heterocycles. The first-order valence-corrected chi connectivity index (χ1v) is 13.0. The SMILES string of the molecule is O=C(OCCN1CCN(c2cccc(C(F)(F)F)c2)CC1)c1cc(F)ccc1Nc1ccnc2cc(Cl)ccc12. The topological polar surface area (TPSA) is 57.7 Å². The van der Waals surface area contributed by atoms with Crippen LogP contribution in [0, 0.1) is 5.82 Å². The Morgan fingerprint density at radius 1 is 0.975 bits per heavy atom. The number of rotatable bonds is 7. The summed E-state index contributed by atoms with van der Waals surface area (Å²) in [6.07, 6.45) is -2.78. The van der Waals surface area contributed by atoms with Gasteiger partial charge in [0.15, 0.2) is 0 Å². The van der Waals surface area contributed by atoms with E-state index < -0.39 is 23.5 Å². The summed E-state index contributed by atoms with van der Waals surface area (Å²) in [5.41, 5.74) is 1.61. The molecule has 2 heterocycles.